The van der Waals surface area contributed by atoms with Crippen molar-refractivity contribution in [3.8, 4) is 0 Å². The molecule has 0 aromatic carbocycles. The number of rotatable bonds is 7. The second kappa shape index (κ2) is 8.08. The lowest BCUT2D eigenvalue weighted by Gasteiger charge is -2.26. The first-order valence-electron chi connectivity index (χ1n) is 6.28. The van der Waals surface area contributed by atoms with Crippen LogP contribution in [0.15, 0.2) is 0 Å². The molecule has 0 bridgehead atoms. The fourth-order valence-corrected chi connectivity index (χ4v) is 2.18. The van der Waals surface area contributed by atoms with Crippen LogP contribution in [0.25, 0.3) is 0 Å². The van der Waals surface area contributed by atoms with Crippen LogP contribution in [0.2, 0.25) is 0 Å². The van der Waals surface area contributed by atoms with Gasteiger partial charge in [0.15, 0.2) is 0 Å². The number of piperidine rings is 1. The van der Waals surface area contributed by atoms with E-state index < -0.39 is 0 Å². The summed E-state index contributed by atoms with van der Waals surface area (Å²) in [5.41, 5.74) is 0. The zero-order valence-electron chi connectivity index (χ0n) is 10.3. The van der Waals surface area contributed by atoms with Gasteiger partial charge in [0.2, 0.25) is 0 Å². The average Bonchev–Trinajstić information content (AvgIpc) is 2.31. The van der Waals surface area contributed by atoms with Gasteiger partial charge in [0.05, 0.1) is 6.61 Å². The van der Waals surface area contributed by atoms with Gasteiger partial charge in [0.1, 0.15) is 0 Å². The first kappa shape index (κ1) is 12.9. The van der Waals surface area contributed by atoms with Crippen LogP contribution in [-0.2, 0) is 4.74 Å². The van der Waals surface area contributed by atoms with E-state index in [1.807, 2.05) is 0 Å². The van der Waals surface area contributed by atoms with Gasteiger partial charge in [-0.3, -0.25) is 0 Å². The molecule has 1 saturated heterocycles. The van der Waals surface area contributed by atoms with E-state index in [1.165, 1.54) is 38.9 Å². The summed E-state index contributed by atoms with van der Waals surface area (Å²) in [6.07, 6.45) is 4.11. The largest absolute Gasteiger partial charge is 0.383 e. The normalized spacial score (nSPS) is 22.2. The first-order valence-corrected chi connectivity index (χ1v) is 6.28. The maximum atomic E-state index is 5.11. The highest BCUT2D eigenvalue weighted by atomic mass is 16.5. The summed E-state index contributed by atoms with van der Waals surface area (Å²) in [4.78, 5) is 2.48. The van der Waals surface area contributed by atoms with Crippen molar-refractivity contribution in [1.82, 2.24) is 10.2 Å². The molecule has 0 aliphatic carbocycles. The van der Waals surface area contributed by atoms with E-state index in [1.54, 1.807) is 7.11 Å². The molecule has 1 aliphatic rings. The number of ether oxygens (including phenoxy) is 1. The molecule has 1 unspecified atom stereocenters. The molecule has 0 aromatic heterocycles. The minimum atomic E-state index is 0.858. The smallest absolute Gasteiger partial charge is 0.0589 e. The third-order valence-electron chi connectivity index (χ3n) is 3.31. The molecule has 3 nitrogen and oxygen atoms in total. The Kier molecular flexibility index (Phi) is 6.98. The van der Waals surface area contributed by atoms with Crippen molar-refractivity contribution in [2.75, 3.05) is 46.4 Å². The predicted octanol–water partition coefficient (Wildman–Crippen LogP) is 1.34. The number of hydrogen-bond donors (Lipinski definition) is 1. The van der Waals surface area contributed by atoms with Crippen LogP contribution in [0.5, 0.6) is 0 Å². The molecule has 3 heteroatoms. The Bertz CT molecular complexity index is 147. The van der Waals surface area contributed by atoms with E-state index in [-0.39, 0.29) is 0 Å². The molecule has 1 rings (SSSR count). The van der Waals surface area contributed by atoms with Gasteiger partial charge in [-0.2, -0.15) is 0 Å². The molecule has 0 saturated carbocycles. The lowest BCUT2D eigenvalue weighted by atomic mass is 9.96. The van der Waals surface area contributed by atoms with Crippen molar-refractivity contribution in [2.24, 2.45) is 5.92 Å². The molecule has 1 heterocycles. The van der Waals surface area contributed by atoms with Crippen LogP contribution in [-0.4, -0.2) is 51.3 Å². The van der Waals surface area contributed by atoms with E-state index in [0.717, 1.165) is 25.6 Å². The third kappa shape index (κ3) is 5.50. The van der Waals surface area contributed by atoms with E-state index in [0.29, 0.717) is 0 Å². The van der Waals surface area contributed by atoms with Gasteiger partial charge in [0.25, 0.3) is 0 Å². The second-order valence-electron chi connectivity index (χ2n) is 4.43. The van der Waals surface area contributed by atoms with Gasteiger partial charge in [-0.25, -0.2) is 0 Å². The molecule has 0 amide bonds. The van der Waals surface area contributed by atoms with Crippen molar-refractivity contribution < 1.29 is 4.74 Å². The lowest BCUT2D eigenvalue weighted by Crippen LogP contribution is -2.34. The highest BCUT2D eigenvalue weighted by Gasteiger charge is 2.13. The maximum Gasteiger partial charge on any atom is 0.0589 e. The number of nitrogens with one attached hydrogen (secondary N) is 1. The molecular formula is C12H26N2O. The topological polar surface area (TPSA) is 24.5 Å². The molecule has 0 spiro atoms. The van der Waals surface area contributed by atoms with Gasteiger partial charge in [-0.05, 0) is 51.4 Å². The Morgan fingerprint density at radius 2 is 2.27 bits per heavy atom. The minimum Gasteiger partial charge on any atom is -0.383 e. The summed E-state index contributed by atoms with van der Waals surface area (Å²) >= 11 is 0. The molecule has 0 aromatic rings. The number of hydrogen-bond acceptors (Lipinski definition) is 3. The lowest BCUT2D eigenvalue weighted by molar-refractivity contribution is 0.145. The van der Waals surface area contributed by atoms with Crippen molar-refractivity contribution >= 4 is 0 Å². The van der Waals surface area contributed by atoms with Crippen LogP contribution in [0.1, 0.15) is 26.2 Å². The summed E-state index contributed by atoms with van der Waals surface area (Å²) in [6.45, 7) is 8.98. The van der Waals surface area contributed by atoms with Gasteiger partial charge in [-0.1, -0.05) is 6.92 Å². The van der Waals surface area contributed by atoms with Gasteiger partial charge in [-0.15, -0.1) is 0 Å². The average molecular weight is 214 g/mol. The highest BCUT2D eigenvalue weighted by molar-refractivity contribution is 4.70. The number of likely N-dealkylation sites (N-methyl/N-ethyl adjacent to an activating group) is 1. The number of methoxy groups -OCH3 is 1. The van der Waals surface area contributed by atoms with E-state index >= 15 is 0 Å². The van der Waals surface area contributed by atoms with Crippen LogP contribution in [0.3, 0.4) is 0 Å². The molecule has 1 N–H and O–H groups in total. The van der Waals surface area contributed by atoms with Crippen LogP contribution < -0.4 is 5.32 Å². The molecule has 1 fully saturated rings. The third-order valence-corrected chi connectivity index (χ3v) is 3.31. The van der Waals surface area contributed by atoms with Crippen LogP contribution >= 0.6 is 0 Å². The Morgan fingerprint density at radius 3 is 2.87 bits per heavy atom. The fourth-order valence-electron chi connectivity index (χ4n) is 2.18. The predicted molar refractivity (Wildman–Crippen MR) is 64.2 cm³/mol. The molecule has 1 atom stereocenters. The van der Waals surface area contributed by atoms with E-state index in [9.17, 15) is 0 Å². The standard InChI is InChI=1S/C12H26N2O/c1-3-14(9-10-15-2)8-6-12-5-4-7-13-11-12/h12-13H,3-11H2,1-2H3. The van der Waals surface area contributed by atoms with Crippen LogP contribution in [0, 0.1) is 5.92 Å². The minimum absolute atomic E-state index is 0.858. The van der Waals surface area contributed by atoms with Crippen LogP contribution in [0.4, 0.5) is 0 Å². The van der Waals surface area contributed by atoms with Gasteiger partial charge < -0.3 is 15.0 Å². The van der Waals surface area contributed by atoms with Crippen molar-refractivity contribution in [1.29, 1.82) is 0 Å². The summed E-state index contributed by atoms with van der Waals surface area (Å²) in [7, 11) is 1.78. The molecule has 90 valence electrons. The highest BCUT2D eigenvalue weighted by Crippen LogP contribution is 2.14. The monoisotopic (exact) mass is 214 g/mol. The molecule has 15 heavy (non-hydrogen) atoms. The molecule has 0 radical (unpaired) electrons. The van der Waals surface area contributed by atoms with Crippen molar-refractivity contribution in [2.45, 2.75) is 26.2 Å². The first-order chi connectivity index (χ1) is 7.36. The Balaban J connectivity index is 2.09. The Morgan fingerprint density at radius 1 is 1.40 bits per heavy atom. The van der Waals surface area contributed by atoms with Gasteiger partial charge in [0, 0.05) is 13.7 Å². The summed E-state index contributed by atoms with van der Waals surface area (Å²) < 4.78 is 5.11. The quantitative estimate of drug-likeness (QED) is 0.692. The maximum absolute atomic E-state index is 5.11. The summed E-state index contributed by atoms with van der Waals surface area (Å²) in [5, 5.41) is 3.48. The van der Waals surface area contributed by atoms with Crippen molar-refractivity contribution in [3.63, 3.8) is 0 Å². The Hall–Kier alpha value is -0.120. The van der Waals surface area contributed by atoms with Crippen molar-refractivity contribution in [3.05, 3.63) is 0 Å². The van der Waals surface area contributed by atoms with E-state index in [2.05, 4.69) is 17.1 Å². The molecule has 1 aliphatic heterocycles. The number of nitrogens with zero attached hydrogens (tertiary/aromatic N) is 1. The fraction of sp³-hybridized carbons (Fsp3) is 1.00. The van der Waals surface area contributed by atoms with E-state index in [4.69, 9.17) is 4.74 Å². The SMILES string of the molecule is CCN(CCOC)CCC1CCCNC1. The zero-order valence-corrected chi connectivity index (χ0v) is 10.3. The summed E-state index contributed by atoms with van der Waals surface area (Å²) in [5.74, 6) is 0.898. The Labute approximate surface area is 94.2 Å². The molecular weight excluding hydrogens is 188 g/mol. The zero-order chi connectivity index (χ0) is 10.9. The summed E-state index contributed by atoms with van der Waals surface area (Å²) in [6, 6.07) is 0. The second-order valence-corrected chi connectivity index (χ2v) is 4.43. The van der Waals surface area contributed by atoms with Gasteiger partial charge >= 0.3 is 0 Å².